The lowest BCUT2D eigenvalue weighted by molar-refractivity contribution is 0.171. The van der Waals surface area contributed by atoms with Crippen molar-refractivity contribution in [3.63, 3.8) is 0 Å². The monoisotopic (exact) mass is 275 g/mol. The van der Waals surface area contributed by atoms with Gasteiger partial charge in [0, 0.05) is 6.04 Å². The van der Waals surface area contributed by atoms with E-state index in [1.54, 1.807) is 0 Å². The van der Waals surface area contributed by atoms with Crippen LogP contribution in [-0.2, 0) is 0 Å². The normalized spacial score (nSPS) is 27.1. The summed E-state index contributed by atoms with van der Waals surface area (Å²) in [5.74, 6) is 3.17. The van der Waals surface area contributed by atoms with E-state index in [9.17, 15) is 0 Å². The lowest BCUT2D eigenvalue weighted by Crippen LogP contribution is -2.27. The van der Waals surface area contributed by atoms with Crippen LogP contribution < -0.4 is 15.2 Å². The van der Waals surface area contributed by atoms with Crippen LogP contribution in [0.4, 0.5) is 0 Å². The van der Waals surface area contributed by atoms with Crippen LogP contribution in [-0.4, -0.2) is 13.2 Å². The third-order valence-corrected chi connectivity index (χ3v) is 4.86. The van der Waals surface area contributed by atoms with E-state index >= 15 is 0 Å². The van der Waals surface area contributed by atoms with Gasteiger partial charge in [-0.15, -0.1) is 0 Å². The molecule has 2 N–H and O–H groups in total. The van der Waals surface area contributed by atoms with Gasteiger partial charge in [0.2, 0.25) is 0 Å². The lowest BCUT2D eigenvalue weighted by atomic mass is 9.75. The first kappa shape index (κ1) is 13.7. The molecule has 1 aliphatic carbocycles. The van der Waals surface area contributed by atoms with Crippen molar-refractivity contribution in [2.75, 3.05) is 13.2 Å². The molecule has 0 spiro atoms. The Morgan fingerprint density at radius 1 is 1.20 bits per heavy atom. The fourth-order valence-electron chi connectivity index (χ4n) is 3.57. The molecule has 3 rings (SSSR count). The molecular formula is C17H25NO2. The zero-order valence-corrected chi connectivity index (χ0v) is 12.3. The van der Waals surface area contributed by atoms with Gasteiger partial charge >= 0.3 is 0 Å². The maximum atomic E-state index is 6.52. The molecule has 1 aromatic carbocycles. The third-order valence-electron chi connectivity index (χ3n) is 4.86. The second-order valence-electron chi connectivity index (χ2n) is 6.13. The minimum absolute atomic E-state index is 0.125. The molecule has 1 aliphatic heterocycles. The van der Waals surface area contributed by atoms with Crippen molar-refractivity contribution in [3.8, 4) is 11.5 Å². The van der Waals surface area contributed by atoms with Crippen LogP contribution in [0.5, 0.6) is 11.5 Å². The average Bonchev–Trinajstić information content (AvgIpc) is 2.53. The molecule has 110 valence electrons. The molecule has 3 nitrogen and oxygen atoms in total. The molecule has 0 amide bonds. The first-order valence-corrected chi connectivity index (χ1v) is 7.93. The summed E-state index contributed by atoms with van der Waals surface area (Å²) < 4.78 is 11.2. The molecule has 0 aromatic heterocycles. The summed E-state index contributed by atoms with van der Waals surface area (Å²) in [5.41, 5.74) is 7.71. The molecule has 0 saturated heterocycles. The lowest BCUT2D eigenvalue weighted by Gasteiger charge is -2.33. The van der Waals surface area contributed by atoms with Crippen LogP contribution in [0.25, 0.3) is 0 Å². The predicted molar refractivity (Wildman–Crippen MR) is 80.1 cm³/mol. The van der Waals surface area contributed by atoms with E-state index in [1.165, 1.54) is 37.7 Å². The first-order chi connectivity index (χ1) is 9.78. The van der Waals surface area contributed by atoms with Gasteiger partial charge in [0.15, 0.2) is 11.5 Å². The highest BCUT2D eigenvalue weighted by Crippen LogP contribution is 2.39. The summed E-state index contributed by atoms with van der Waals surface area (Å²) in [5, 5.41) is 0. The number of ether oxygens (including phenoxy) is 2. The highest BCUT2D eigenvalue weighted by atomic mass is 16.6. The van der Waals surface area contributed by atoms with Crippen molar-refractivity contribution in [2.45, 2.75) is 45.1 Å². The highest BCUT2D eigenvalue weighted by molar-refractivity contribution is 5.44. The average molecular weight is 275 g/mol. The van der Waals surface area contributed by atoms with Crippen LogP contribution in [0.15, 0.2) is 18.2 Å². The third kappa shape index (κ3) is 2.78. The van der Waals surface area contributed by atoms with Crippen molar-refractivity contribution >= 4 is 0 Å². The molecule has 1 fully saturated rings. The van der Waals surface area contributed by atoms with E-state index in [1.807, 2.05) is 6.07 Å². The maximum absolute atomic E-state index is 6.52. The maximum Gasteiger partial charge on any atom is 0.161 e. The second-order valence-corrected chi connectivity index (χ2v) is 6.13. The molecule has 2 aliphatic rings. The summed E-state index contributed by atoms with van der Waals surface area (Å²) in [6.07, 6.45) is 6.50. The predicted octanol–water partition coefficient (Wildman–Crippen LogP) is 3.67. The Labute approximate surface area is 121 Å². The van der Waals surface area contributed by atoms with Gasteiger partial charge in [-0.05, 0) is 42.4 Å². The van der Waals surface area contributed by atoms with Gasteiger partial charge in [0.1, 0.15) is 13.2 Å². The fourth-order valence-corrected chi connectivity index (χ4v) is 3.57. The summed E-state index contributed by atoms with van der Waals surface area (Å²) in [6, 6.07) is 6.31. The van der Waals surface area contributed by atoms with Gasteiger partial charge in [-0.2, -0.15) is 0 Å². The standard InChI is InChI=1S/C17H25NO2/c1-2-12-4-3-5-13(10-12)17(18)14-6-7-15-16(11-14)20-9-8-19-15/h6-7,11-13,17H,2-5,8-10,18H2,1H3. The quantitative estimate of drug-likeness (QED) is 0.915. The first-order valence-electron chi connectivity index (χ1n) is 7.93. The molecule has 0 bridgehead atoms. The van der Waals surface area contributed by atoms with Crippen LogP contribution in [0.3, 0.4) is 0 Å². The van der Waals surface area contributed by atoms with E-state index in [4.69, 9.17) is 15.2 Å². The summed E-state index contributed by atoms with van der Waals surface area (Å²) in [4.78, 5) is 0. The van der Waals surface area contributed by atoms with Crippen molar-refractivity contribution in [2.24, 2.45) is 17.6 Å². The minimum atomic E-state index is 0.125. The fraction of sp³-hybridized carbons (Fsp3) is 0.647. The van der Waals surface area contributed by atoms with Crippen LogP contribution >= 0.6 is 0 Å². The summed E-state index contributed by atoms with van der Waals surface area (Å²) >= 11 is 0. The number of nitrogens with two attached hydrogens (primary N) is 1. The molecule has 20 heavy (non-hydrogen) atoms. The molecule has 3 heteroatoms. The van der Waals surface area contributed by atoms with Gasteiger partial charge in [0.25, 0.3) is 0 Å². The van der Waals surface area contributed by atoms with E-state index < -0.39 is 0 Å². The Bertz CT molecular complexity index is 460. The Morgan fingerprint density at radius 2 is 2.00 bits per heavy atom. The SMILES string of the molecule is CCC1CCCC(C(N)c2ccc3c(c2)OCCO3)C1. The van der Waals surface area contributed by atoms with Crippen molar-refractivity contribution in [1.29, 1.82) is 0 Å². The Balaban J connectivity index is 1.74. The molecular weight excluding hydrogens is 250 g/mol. The zero-order chi connectivity index (χ0) is 13.9. The number of hydrogen-bond acceptors (Lipinski definition) is 3. The Morgan fingerprint density at radius 3 is 2.80 bits per heavy atom. The molecule has 3 atom stereocenters. The van der Waals surface area contributed by atoms with Crippen molar-refractivity contribution in [1.82, 2.24) is 0 Å². The van der Waals surface area contributed by atoms with E-state index in [0.717, 1.165) is 17.4 Å². The van der Waals surface area contributed by atoms with Crippen LogP contribution in [0.1, 0.15) is 50.6 Å². The summed E-state index contributed by atoms with van der Waals surface area (Å²) in [7, 11) is 0. The summed E-state index contributed by atoms with van der Waals surface area (Å²) in [6.45, 7) is 3.56. The number of fused-ring (bicyclic) bond motifs is 1. The van der Waals surface area contributed by atoms with Gasteiger partial charge in [0.05, 0.1) is 0 Å². The minimum Gasteiger partial charge on any atom is -0.486 e. The molecule has 1 heterocycles. The van der Waals surface area contributed by atoms with Crippen molar-refractivity contribution < 1.29 is 9.47 Å². The van der Waals surface area contributed by atoms with Gasteiger partial charge < -0.3 is 15.2 Å². The highest BCUT2D eigenvalue weighted by Gasteiger charge is 2.27. The van der Waals surface area contributed by atoms with Crippen LogP contribution in [0, 0.1) is 11.8 Å². The zero-order valence-electron chi connectivity index (χ0n) is 12.3. The molecule has 0 radical (unpaired) electrons. The molecule has 1 saturated carbocycles. The van der Waals surface area contributed by atoms with Gasteiger partial charge in [-0.3, -0.25) is 0 Å². The number of hydrogen-bond donors (Lipinski definition) is 1. The van der Waals surface area contributed by atoms with E-state index in [0.29, 0.717) is 19.1 Å². The smallest absolute Gasteiger partial charge is 0.161 e. The van der Waals surface area contributed by atoms with Gasteiger partial charge in [-0.1, -0.05) is 32.3 Å². The Kier molecular flexibility index (Phi) is 4.16. The Hall–Kier alpha value is -1.22. The molecule has 1 aromatic rings. The van der Waals surface area contributed by atoms with E-state index in [-0.39, 0.29) is 6.04 Å². The van der Waals surface area contributed by atoms with E-state index in [2.05, 4.69) is 19.1 Å². The number of benzene rings is 1. The number of rotatable bonds is 3. The van der Waals surface area contributed by atoms with Crippen LogP contribution in [0.2, 0.25) is 0 Å². The van der Waals surface area contributed by atoms with Gasteiger partial charge in [-0.25, -0.2) is 0 Å². The van der Waals surface area contributed by atoms with Crippen molar-refractivity contribution in [3.05, 3.63) is 23.8 Å². The topological polar surface area (TPSA) is 44.5 Å². The largest absolute Gasteiger partial charge is 0.486 e. The second kappa shape index (κ2) is 6.04. The molecule has 3 unspecified atom stereocenters.